The number of hydrogen-bond acceptors (Lipinski definition) is 5. The van der Waals surface area contributed by atoms with Crippen molar-refractivity contribution < 1.29 is 14.3 Å². The largest absolute Gasteiger partial charge is 0.484 e. The smallest absolute Gasteiger partial charge is 0.247 e. The highest BCUT2D eigenvalue weighted by atomic mass is 35.5. The Morgan fingerprint density at radius 3 is 2.70 bits per heavy atom. The normalized spacial score (nSPS) is 16.1. The number of halogens is 1. The highest BCUT2D eigenvalue weighted by Crippen LogP contribution is 2.34. The van der Waals surface area contributed by atoms with Crippen molar-refractivity contribution in [2.75, 3.05) is 6.61 Å². The Kier molecular flexibility index (Phi) is 4.64. The molecule has 7 heteroatoms. The molecular formula is C20H16ClN3O3. The van der Waals surface area contributed by atoms with E-state index in [0.717, 1.165) is 10.9 Å². The van der Waals surface area contributed by atoms with Gasteiger partial charge in [-0.05, 0) is 24.3 Å². The van der Waals surface area contributed by atoms with E-state index in [9.17, 15) is 4.79 Å². The lowest BCUT2D eigenvalue weighted by molar-refractivity contribution is -0.135. The van der Waals surface area contributed by atoms with Crippen LogP contribution in [0.15, 0.2) is 65.8 Å². The maximum Gasteiger partial charge on any atom is 0.247 e. The van der Waals surface area contributed by atoms with Crippen LogP contribution in [-0.2, 0) is 9.53 Å². The Bertz CT molecular complexity index is 1020. The van der Waals surface area contributed by atoms with Crippen molar-refractivity contribution in [2.24, 2.45) is 5.10 Å². The first-order valence-electron chi connectivity index (χ1n) is 8.39. The zero-order valence-electron chi connectivity index (χ0n) is 14.5. The zero-order valence-corrected chi connectivity index (χ0v) is 15.3. The predicted octanol–water partition coefficient (Wildman–Crippen LogP) is 4.16. The molecule has 0 saturated carbocycles. The van der Waals surface area contributed by atoms with E-state index in [-0.39, 0.29) is 17.7 Å². The number of hydrazone groups is 1. The highest BCUT2D eigenvalue weighted by Gasteiger charge is 2.34. The van der Waals surface area contributed by atoms with Crippen LogP contribution in [-0.4, -0.2) is 28.4 Å². The fourth-order valence-electron chi connectivity index (χ4n) is 2.81. The van der Waals surface area contributed by atoms with Crippen LogP contribution in [0.5, 0.6) is 5.75 Å². The summed E-state index contributed by atoms with van der Waals surface area (Å²) in [6, 6.07) is 18.8. The van der Waals surface area contributed by atoms with E-state index in [0.29, 0.717) is 17.2 Å². The van der Waals surface area contributed by atoms with Gasteiger partial charge >= 0.3 is 0 Å². The number of aromatic nitrogens is 1. The van der Waals surface area contributed by atoms with E-state index in [4.69, 9.17) is 21.1 Å². The number of carbonyl (C=O) groups is 1. The van der Waals surface area contributed by atoms with Gasteiger partial charge in [-0.1, -0.05) is 48.0 Å². The van der Waals surface area contributed by atoms with Crippen LogP contribution in [0.2, 0.25) is 5.15 Å². The number of fused-ring (bicyclic) bond motifs is 1. The molecule has 4 rings (SSSR count). The zero-order chi connectivity index (χ0) is 18.8. The number of rotatable bonds is 4. The van der Waals surface area contributed by atoms with Crippen LogP contribution in [0.1, 0.15) is 18.7 Å². The van der Waals surface area contributed by atoms with Gasteiger partial charge in [-0.3, -0.25) is 4.79 Å². The molecular weight excluding hydrogens is 366 g/mol. The third kappa shape index (κ3) is 3.57. The van der Waals surface area contributed by atoms with Crippen LogP contribution in [0, 0.1) is 0 Å². The highest BCUT2D eigenvalue weighted by molar-refractivity contribution is 6.30. The van der Waals surface area contributed by atoms with Gasteiger partial charge in [0.1, 0.15) is 10.9 Å². The van der Waals surface area contributed by atoms with Gasteiger partial charge in [0.25, 0.3) is 0 Å². The molecule has 0 N–H and O–H groups in total. The fourth-order valence-corrected chi connectivity index (χ4v) is 3.05. The Hall–Kier alpha value is -3.12. The molecule has 2 heterocycles. The number of amides is 1. The van der Waals surface area contributed by atoms with Gasteiger partial charge in [0, 0.05) is 12.3 Å². The van der Waals surface area contributed by atoms with Gasteiger partial charge in [-0.25, -0.2) is 4.98 Å². The summed E-state index contributed by atoms with van der Waals surface area (Å²) in [4.78, 5) is 16.5. The van der Waals surface area contributed by atoms with E-state index in [2.05, 4.69) is 10.1 Å². The molecule has 1 atom stereocenters. The Morgan fingerprint density at radius 1 is 1.19 bits per heavy atom. The molecule has 27 heavy (non-hydrogen) atoms. The van der Waals surface area contributed by atoms with E-state index >= 15 is 0 Å². The molecule has 1 amide bonds. The molecule has 0 radical (unpaired) electrons. The van der Waals surface area contributed by atoms with Gasteiger partial charge in [-0.2, -0.15) is 5.01 Å². The first-order chi connectivity index (χ1) is 13.1. The second-order valence-corrected chi connectivity index (χ2v) is 6.35. The van der Waals surface area contributed by atoms with Crippen molar-refractivity contribution in [1.29, 1.82) is 0 Å². The molecule has 0 bridgehead atoms. The van der Waals surface area contributed by atoms with Crippen LogP contribution in [0.25, 0.3) is 10.9 Å². The molecule has 0 aliphatic carbocycles. The molecule has 3 aromatic rings. The number of hydrogen-bond donors (Lipinski definition) is 0. The average Bonchev–Trinajstić information content (AvgIpc) is 3.11. The van der Waals surface area contributed by atoms with E-state index < -0.39 is 6.23 Å². The molecule has 136 valence electrons. The van der Waals surface area contributed by atoms with E-state index in [1.54, 1.807) is 0 Å². The molecule has 0 fully saturated rings. The Labute approximate surface area is 161 Å². The minimum atomic E-state index is -0.776. The molecule has 0 spiro atoms. The summed E-state index contributed by atoms with van der Waals surface area (Å²) in [7, 11) is 0. The lowest BCUT2D eigenvalue weighted by Gasteiger charge is -2.20. The SMILES string of the molecule is CC(=O)N1N=C(COc2ccccc2)OC1c1cc2ccccc2nc1Cl. The maximum atomic E-state index is 12.1. The number of carbonyl (C=O) groups excluding carboxylic acids is 1. The van der Waals surface area contributed by atoms with Crippen LogP contribution in [0.4, 0.5) is 0 Å². The maximum absolute atomic E-state index is 12.1. The summed E-state index contributed by atoms with van der Waals surface area (Å²) < 4.78 is 11.5. The fraction of sp³-hybridized carbons (Fsp3) is 0.150. The second-order valence-electron chi connectivity index (χ2n) is 5.99. The third-order valence-electron chi connectivity index (χ3n) is 4.09. The van der Waals surface area contributed by atoms with E-state index in [1.165, 1.54) is 11.9 Å². The summed E-state index contributed by atoms with van der Waals surface area (Å²) in [5, 5.41) is 6.67. The third-order valence-corrected chi connectivity index (χ3v) is 4.39. The summed E-state index contributed by atoms with van der Waals surface area (Å²) in [5.74, 6) is 0.717. The van der Waals surface area contributed by atoms with E-state index in [1.807, 2.05) is 60.7 Å². The summed E-state index contributed by atoms with van der Waals surface area (Å²) in [6.45, 7) is 1.52. The monoisotopic (exact) mass is 381 g/mol. The quantitative estimate of drug-likeness (QED) is 0.636. The van der Waals surface area contributed by atoms with Gasteiger partial charge < -0.3 is 9.47 Å². The Morgan fingerprint density at radius 2 is 1.93 bits per heavy atom. The molecule has 6 nitrogen and oxygen atoms in total. The first kappa shape index (κ1) is 17.3. The molecule has 1 aliphatic heterocycles. The summed E-state index contributed by atoms with van der Waals surface area (Å²) in [6.07, 6.45) is -0.776. The molecule has 1 unspecified atom stereocenters. The minimum absolute atomic E-state index is 0.100. The van der Waals surface area contributed by atoms with Crippen molar-refractivity contribution in [1.82, 2.24) is 9.99 Å². The van der Waals surface area contributed by atoms with Gasteiger partial charge in [0.2, 0.25) is 18.0 Å². The average molecular weight is 382 g/mol. The lowest BCUT2D eigenvalue weighted by Crippen LogP contribution is -2.25. The molecule has 1 aromatic heterocycles. The Balaban J connectivity index is 1.59. The lowest BCUT2D eigenvalue weighted by atomic mass is 10.1. The number of pyridine rings is 1. The first-order valence-corrected chi connectivity index (χ1v) is 8.76. The van der Waals surface area contributed by atoms with Crippen molar-refractivity contribution >= 4 is 34.3 Å². The van der Waals surface area contributed by atoms with Crippen LogP contribution >= 0.6 is 11.6 Å². The van der Waals surface area contributed by atoms with Gasteiger partial charge in [0.05, 0.1) is 11.1 Å². The van der Waals surface area contributed by atoms with Crippen LogP contribution in [0.3, 0.4) is 0 Å². The number of para-hydroxylation sites is 2. The molecule has 1 aliphatic rings. The molecule has 2 aromatic carbocycles. The number of nitrogens with zero attached hydrogens (tertiary/aromatic N) is 3. The van der Waals surface area contributed by atoms with Crippen molar-refractivity contribution in [3.63, 3.8) is 0 Å². The van der Waals surface area contributed by atoms with Crippen molar-refractivity contribution in [3.05, 3.63) is 71.4 Å². The van der Waals surface area contributed by atoms with Gasteiger partial charge in [-0.15, -0.1) is 5.10 Å². The predicted molar refractivity (Wildman–Crippen MR) is 102 cm³/mol. The second kappa shape index (κ2) is 7.25. The van der Waals surface area contributed by atoms with Gasteiger partial charge in [0.15, 0.2) is 6.61 Å². The van der Waals surface area contributed by atoms with Crippen molar-refractivity contribution in [3.8, 4) is 5.75 Å². The molecule has 0 saturated heterocycles. The summed E-state index contributed by atoms with van der Waals surface area (Å²) in [5.41, 5.74) is 1.34. The summed E-state index contributed by atoms with van der Waals surface area (Å²) >= 11 is 6.36. The topological polar surface area (TPSA) is 64.0 Å². The number of benzene rings is 2. The van der Waals surface area contributed by atoms with Crippen molar-refractivity contribution in [2.45, 2.75) is 13.2 Å². The van der Waals surface area contributed by atoms with Crippen LogP contribution < -0.4 is 4.74 Å². The minimum Gasteiger partial charge on any atom is -0.484 e. The standard InChI is InChI=1S/C20H16ClN3O3/c1-13(25)24-20(16-11-14-7-5-6-10-17(14)22-19(16)21)27-18(23-24)12-26-15-8-3-2-4-9-15/h2-11,20H,12H2,1H3. The number of ether oxygens (including phenoxy) is 2.